The molecule has 0 aromatic heterocycles. The van der Waals surface area contributed by atoms with Crippen molar-refractivity contribution in [1.29, 1.82) is 0 Å². The first-order valence-corrected chi connectivity index (χ1v) is 4.96. The van der Waals surface area contributed by atoms with Crippen molar-refractivity contribution in [3.05, 3.63) is 35.4 Å². The number of fused-ring (bicyclic) bond motifs is 1. The van der Waals surface area contributed by atoms with Crippen LogP contribution >= 0.6 is 0 Å². The van der Waals surface area contributed by atoms with Crippen LogP contribution in [0.4, 0.5) is 0 Å². The van der Waals surface area contributed by atoms with E-state index in [4.69, 9.17) is 6.42 Å². The summed E-state index contributed by atoms with van der Waals surface area (Å²) in [6.07, 6.45) is 8.14. The molecule has 1 atom stereocenters. The Labute approximate surface area is 84.8 Å². The molecular weight excluding hydrogens is 172 g/mol. The number of aliphatic hydroxyl groups is 1. The first-order valence-electron chi connectivity index (χ1n) is 4.96. The van der Waals surface area contributed by atoms with Crippen molar-refractivity contribution in [3.63, 3.8) is 0 Å². The number of aryl methyl sites for hydroxylation is 1. The number of rotatable bonds is 1. The van der Waals surface area contributed by atoms with Gasteiger partial charge < -0.3 is 5.11 Å². The van der Waals surface area contributed by atoms with Crippen LogP contribution in [-0.2, 0) is 12.8 Å². The van der Waals surface area contributed by atoms with Crippen LogP contribution in [0.25, 0.3) is 0 Å². The number of hydrogen-bond donors (Lipinski definition) is 1. The fraction of sp³-hybridized carbons (Fsp3) is 0.385. The molecule has 14 heavy (non-hydrogen) atoms. The molecule has 0 spiro atoms. The zero-order chi connectivity index (χ0) is 10.0. The lowest BCUT2D eigenvalue weighted by atomic mass is 9.79. The smallest absolute Gasteiger partial charge is 0.0799 e. The van der Waals surface area contributed by atoms with Gasteiger partial charge in [0.15, 0.2) is 0 Å². The highest BCUT2D eigenvalue weighted by molar-refractivity contribution is 5.31. The summed E-state index contributed by atoms with van der Waals surface area (Å²) in [6, 6.07) is 8.27. The molecule has 0 bridgehead atoms. The summed E-state index contributed by atoms with van der Waals surface area (Å²) in [4.78, 5) is 0. The predicted molar refractivity (Wildman–Crippen MR) is 56.9 cm³/mol. The molecule has 0 fully saturated rings. The molecule has 1 nitrogen and oxygen atoms in total. The molecule has 1 aromatic rings. The molecule has 1 aromatic carbocycles. The van der Waals surface area contributed by atoms with E-state index in [2.05, 4.69) is 18.1 Å². The van der Waals surface area contributed by atoms with Gasteiger partial charge in [0.25, 0.3) is 0 Å². The maximum atomic E-state index is 10.2. The molecule has 2 rings (SSSR count). The molecule has 1 aliphatic carbocycles. The first kappa shape index (κ1) is 9.30. The van der Waals surface area contributed by atoms with Crippen LogP contribution in [0, 0.1) is 12.3 Å². The Morgan fingerprint density at radius 1 is 1.36 bits per heavy atom. The molecular formula is C13H14O. The quantitative estimate of drug-likeness (QED) is 0.664. The van der Waals surface area contributed by atoms with Crippen LogP contribution in [0.3, 0.4) is 0 Å². The minimum absolute atomic E-state index is 0.460. The zero-order valence-corrected chi connectivity index (χ0v) is 8.16. The van der Waals surface area contributed by atoms with Gasteiger partial charge in [0.05, 0.1) is 5.60 Å². The average molecular weight is 186 g/mol. The van der Waals surface area contributed by atoms with Gasteiger partial charge in [-0.25, -0.2) is 0 Å². The van der Waals surface area contributed by atoms with Gasteiger partial charge in [0.1, 0.15) is 0 Å². The molecule has 1 unspecified atom stereocenters. The second-order valence-corrected chi connectivity index (χ2v) is 4.05. The van der Waals surface area contributed by atoms with Crippen LogP contribution < -0.4 is 0 Å². The van der Waals surface area contributed by atoms with Crippen molar-refractivity contribution in [2.45, 2.75) is 31.3 Å². The molecule has 1 heteroatoms. The largest absolute Gasteiger partial charge is 0.389 e. The summed E-state index contributed by atoms with van der Waals surface area (Å²) in [7, 11) is 0. The third kappa shape index (κ3) is 1.66. The molecule has 1 aliphatic rings. The third-order valence-corrected chi connectivity index (χ3v) is 2.93. The summed E-state index contributed by atoms with van der Waals surface area (Å²) in [5.41, 5.74) is 1.94. The Balaban J connectivity index is 2.25. The summed E-state index contributed by atoms with van der Waals surface area (Å²) in [5.74, 6) is 2.56. The summed E-state index contributed by atoms with van der Waals surface area (Å²) >= 11 is 0. The van der Waals surface area contributed by atoms with Gasteiger partial charge in [0.2, 0.25) is 0 Å². The van der Waals surface area contributed by atoms with Gasteiger partial charge in [-0.2, -0.15) is 0 Å². The minimum atomic E-state index is -0.664. The van der Waals surface area contributed by atoms with Gasteiger partial charge in [0, 0.05) is 12.8 Å². The van der Waals surface area contributed by atoms with Crippen LogP contribution in [0.1, 0.15) is 24.0 Å². The lowest BCUT2D eigenvalue weighted by Gasteiger charge is -2.31. The Morgan fingerprint density at radius 3 is 2.79 bits per heavy atom. The fourth-order valence-electron chi connectivity index (χ4n) is 2.12. The lowest BCUT2D eigenvalue weighted by molar-refractivity contribution is 0.0315. The predicted octanol–water partition coefficient (Wildman–Crippen LogP) is 1.93. The normalized spacial score (nSPS) is 25.1. The standard InChI is InChI=1S/C13H14O/c1-2-8-13(14)9-7-11-5-3-4-6-12(11)10-13/h1,3-6,14H,7-10H2. The van der Waals surface area contributed by atoms with Crippen molar-refractivity contribution in [2.75, 3.05) is 0 Å². The molecule has 0 saturated heterocycles. The minimum Gasteiger partial charge on any atom is -0.389 e. The van der Waals surface area contributed by atoms with E-state index in [9.17, 15) is 5.11 Å². The highest BCUT2D eigenvalue weighted by Crippen LogP contribution is 2.30. The summed E-state index contributed by atoms with van der Waals surface area (Å²) < 4.78 is 0. The van der Waals surface area contributed by atoms with Gasteiger partial charge in [-0.05, 0) is 24.0 Å². The Kier molecular flexibility index (Phi) is 2.31. The SMILES string of the molecule is C#CCC1(O)CCc2ccccc2C1. The van der Waals surface area contributed by atoms with E-state index >= 15 is 0 Å². The molecule has 1 N–H and O–H groups in total. The highest BCUT2D eigenvalue weighted by Gasteiger charge is 2.30. The topological polar surface area (TPSA) is 20.2 Å². The van der Waals surface area contributed by atoms with Crippen molar-refractivity contribution in [2.24, 2.45) is 0 Å². The van der Waals surface area contributed by atoms with Gasteiger partial charge in [-0.1, -0.05) is 24.3 Å². The van der Waals surface area contributed by atoms with Crippen LogP contribution in [-0.4, -0.2) is 10.7 Å². The second-order valence-electron chi connectivity index (χ2n) is 4.05. The Morgan fingerprint density at radius 2 is 2.07 bits per heavy atom. The van der Waals surface area contributed by atoms with E-state index in [0.29, 0.717) is 12.8 Å². The van der Waals surface area contributed by atoms with E-state index in [0.717, 1.165) is 12.8 Å². The van der Waals surface area contributed by atoms with E-state index in [1.807, 2.05) is 12.1 Å². The van der Waals surface area contributed by atoms with Gasteiger partial charge >= 0.3 is 0 Å². The molecule has 0 radical (unpaired) electrons. The van der Waals surface area contributed by atoms with Crippen LogP contribution in [0.2, 0.25) is 0 Å². The number of hydrogen-bond acceptors (Lipinski definition) is 1. The number of terminal acetylenes is 1. The molecule has 0 aliphatic heterocycles. The summed E-state index contributed by atoms with van der Waals surface area (Å²) in [6.45, 7) is 0. The highest BCUT2D eigenvalue weighted by atomic mass is 16.3. The van der Waals surface area contributed by atoms with Gasteiger partial charge in [-0.15, -0.1) is 12.3 Å². The monoisotopic (exact) mass is 186 g/mol. The lowest BCUT2D eigenvalue weighted by Crippen LogP contribution is -2.35. The molecule has 72 valence electrons. The van der Waals surface area contributed by atoms with Crippen molar-refractivity contribution >= 4 is 0 Å². The average Bonchev–Trinajstić information content (AvgIpc) is 2.17. The van der Waals surface area contributed by atoms with E-state index in [1.54, 1.807) is 0 Å². The fourth-order valence-corrected chi connectivity index (χ4v) is 2.12. The maximum absolute atomic E-state index is 10.2. The Hall–Kier alpha value is -1.26. The summed E-state index contributed by atoms with van der Waals surface area (Å²) in [5, 5.41) is 10.2. The molecule has 0 heterocycles. The molecule has 0 saturated carbocycles. The van der Waals surface area contributed by atoms with Crippen LogP contribution in [0.15, 0.2) is 24.3 Å². The van der Waals surface area contributed by atoms with Gasteiger partial charge in [-0.3, -0.25) is 0 Å². The second kappa shape index (κ2) is 3.48. The number of benzene rings is 1. The van der Waals surface area contributed by atoms with Crippen molar-refractivity contribution < 1.29 is 5.11 Å². The van der Waals surface area contributed by atoms with E-state index in [-0.39, 0.29) is 0 Å². The van der Waals surface area contributed by atoms with Crippen molar-refractivity contribution in [3.8, 4) is 12.3 Å². The Bertz CT molecular complexity index is 375. The van der Waals surface area contributed by atoms with Crippen LogP contribution in [0.5, 0.6) is 0 Å². The molecule has 0 amide bonds. The third-order valence-electron chi connectivity index (χ3n) is 2.93. The maximum Gasteiger partial charge on any atom is 0.0799 e. The van der Waals surface area contributed by atoms with E-state index in [1.165, 1.54) is 11.1 Å². The van der Waals surface area contributed by atoms with Crippen molar-refractivity contribution in [1.82, 2.24) is 0 Å². The first-order chi connectivity index (χ1) is 6.73. The van der Waals surface area contributed by atoms with E-state index < -0.39 is 5.60 Å². The zero-order valence-electron chi connectivity index (χ0n) is 8.16.